The molecule has 2 aromatic rings. The average molecular weight is 424 g/mol. The lowest BCUT2D eigenvalue weighted by molar-refractivity contribution is -2.00. The van der Waals surface area contributed by atoms with Crippen LogP contribution in [-0.4, -0.2) is 19.0 Å². The second-order valence-corrected chi connectivity index (χ2v) is 8.02. The maximum atomic E-state index is 8.49. The number of halogens is 1. The second kappa shape index (κ2) is 8.28. The number of benzene rings is 1. The third-order valence-corrected chi connectivity index (χ3v) is 5.59. The van der Waals surface area contributed by atoms with Gasteiger partial charge in [0.2, 0.25) is 0 Å². The molecule has 0 saturated carbocycles. The van der Waals surface area contributed by atoms with Crippen LogP contribution in [0.2, 0.25) is 0 Å². The molecule has 2 bridgehead atoms. The number of pyridine rings is 1. The monoisotopic (exact) mass is 423 g/mol. The van der Waals surface area contributed by atoms with Crippen molar-refractivity contribution in [1.82, 2.24) is 0 Å². The van der Waals surface area contributed by atoms with Gasteiger partial charge in [0.15, 0.2) is 23.7 Å². The van der Waals surface area contributed by atoms with Gasteiger partial charge in [-0.2, -0.15) is 4.57 Å². The van der Waals surface area contributed by atoms with Gasteiger partial charge >= 0.3 is 0 Å². The summed E-state index contributed by atoms with van der Waals surface area (Å²) in [6, 6.07) is 11.2. The van der Waals surface area contributed by atoms with Crippen molar-refractivity contribution in [3.05, 3.63) is 64.5 Å². The molecule has 5 rings (SSSR count). The van der Waals surface area contributed by atoms with Gasteiger partial charge in [-0.25, -0.2) is 18.6 Å². The molecule has 3 heterocycles. The summed E-state index contributed by atoms with van der Waals surface area (Å²) < 4.78 is 49.0. The Kier molecular flexibility index (Phi) is 6.31. The van der Waals surface area contributed by atoms with Gasteiger partial charge in [0.1, 0.15) is 5.92 Å². The lowest BCUT2D eigenvalue weighted by atomic mass is 9.67. The minimum Gasteiger partial charge on any atom is -0.349 e. The Bertz CT molecular complexity index is 870. The highest BCUT2D eigenvalue weighted by atomic mass is 35.7. The molecule has 3 aliphatic rings. The van der Waals surface area contributed by atoms with Crippen LogP contribution in [0.4, 0.5) is 0 Å². The van der Waals surface area contributed by atoms with Crippen LogP contribution in [0.5, 0.6) is 0 Å². The SMILES string of the molecule is CCOC1(OCC)CC2c3c(C)ccc(C)c3C1c1cccc[n+]12.[O-][Cl+3]([O-])([O-])[O-]. The first kappa shape index (κ1) is 22.1. The normalized spacial score (nSPS) is 21.1. The Hall–Kier alpha value is -1.58. The van der Waals surface area contributed by atoms with E-state index in [9.17, 15) is 0 Å². The molecule has 29 heavy (non-hydrogen) atoms. The molecule has 0 fully saturated rings. The van der Waals surface area contributed by atoms with E-state index in [1.807, 2.05) is 0 Å². The lowest BCUT2D eigenvalue weighted by Gasteiger charge is -2.48. The van der Waals surface area contributed by atoms with Gasteiger partial charge in [0, 0.05) is 30.9 Å². The lowest BCUT2D eigenvalue weighted by Crippen LogP contribution is -2.68. The summed E-state index contributed by atoms with van der Waals surface area (Å²) in [6.07, 6.45) is 3.08. The first-order chi connectivity index (χ1) is 13.6. The Morgan fingerprint density at radius 3 is 2.07 bits per heavy atom. The summed E-state index contributed by atoms with van der Waals surface area (Å²) in [5.41, 5.74) is 6.90. The van der Waals surface area contributed by atoms with Crippen molar-refractivity contribution in [2.45, 2.75) is 51.9 Å². The van der Waals surface area contributed by atoms with Gasteiger partial charge in [-0.05, 0) is 44.4 Å². The molecule has 0 spiro atoms. The topological polar surface area (TPSA) is 115 Å². The molecule has 1 aromatic carbocycles. The van der Waals surface area contributed by atoms with Crippen LogP contribution in [0, 0.1) is 24.1 Å². The number of aromatic nitrogens is 1. The maximum absolute atomic E-state index is 8.49. The van der Waals surface area contributed by atoms with Crippen molar-refractivity contribution in [3.8, 4) is 0 Å². The van der Waals surface area contributed by atoms with Crippen LogP contribution in [0.25, 0.3) is 0 Å². The number of ether oxygens (including phenoxy) is 2. The van der Waals surface area contributed by atoms with E-state index in [0.29, 0.717) is 13.2 Å². The van der Waals surface area contributed by atoms with E-state index in [1.54, 1.807) is 0 Å². The maximum Gasteiger partial charge on any atom is 0.194 e. The van der Waals surface area contributed by atoms with Crippen LogP contribution in [-0.2, 0) is 9.47 Å². The van der Waals surface area contributed by atoms with Crippen molar-refractivity contribution in [2.24, 2.45) is 0 Å². The van der Waals surface area contributed by atoms with Gasteiger partial charge in [-0.3, -0.25) is 0 Å². The average Bonchev–Trinajstić information content (AvgIpc) is 2.64. The largest absolute Gasteiger partial charge is 0.349 e. The molecule has 0 amide bonds. The number of nitrogens with zero attached hydrogens (tertiary/aromatic N) is 1. The molecule has 8 heteroatoms. The summed E-state index contributed by atoms with van der Waals surface area (Å²) in [5, 5.41) is 0. The van der Waals surface area contributed by atoms with Crippen molar-refractivity contribution >= 4 is 0 Å². The van der Waals surface area contributed by atoms with Crippen LogP contribution in [0.3, 0.4) is 0 Å². The van der Waals surface area contributed by atoms with E-state index in [-0.39, 0.29) is 12.0 Å². The van der Waals surface area contributed by atoms with Crippen molar-refractivity contribution in [2.75, 3.05) is 13.2 Å². The number of fused-ring (bicyclic) bond motifs is 1. The highest BCUT2D eigenvalue weighted by Crippen LogP contribution is 2.54. The van der Waals surface area contributed by atoms with Crippen molar-refractivity contribution in [1.29, 1.82) is 0 Å². The van der Waals surface area contributed by atoms with E-state index in [0.717, 1.165) is 6.42 Å². The van der Waals surface area contributed by atoms with Gasteiger partial charge in [-0.15, -0.1) is 10.2 Å². The Labute approximate surface area is 172 Å². The van der Waals surface area contributed by atoms with E-state index in [2.05, 4.69) is 68.8 Å². The Morgan fingerprint density at radius 2 is 1.52 bits per heavy atom. The quantitative estimate of drug-likeness (QED) is 0.462. The van der Waals surface area contributed by atoms with Crippen LogP contribution < -0.4 is 23.2 Å². The first-order valence-electron chi connectivity index (χ1n) is 9.62. The van der Waals surface area contributed by atoms with E-state index < -0.39 is 16.0 Å². The highest BCUT2D eigenvalue weighted by molar-refractivity contribution is 5.51. The smallest absolute Gasteiger partial charge is 0.194 e. The van der Waals surface area contributed by atoms with Crippen LogP contribution in [0.1, 0.15) is 60.2 Å². The third-order valence-electron chi connectivity index (χ3n) is 5.59. The predicted molar refractivity (Wildman–Crippen MR) is 93.1 cm³/mol. The minimum absolute atomic E-state index is 0.124. The summed E-state index contributed by atoms with van der Waals surface area (Å²) in [7, 11) is -4.94. The molecule has 0 saturated heterocycles. The molecule has 2 aliphatic heterocycles. The Balaban J connectivity index is 0.000000431. The zero-order valence-electron chi connectivity index (χ0n) is 17.0. The molecule has 158 valence electrons. The standard InChI is InChI=1S/C21H26NO2.ClHO4/c1-5-23-21(24-6-2)13-17-18-14(3)10-11-15(4)19(18)20(21)16-9-7-8-12-22(16)17;2-1(3,4)5/h7-12,17,20H,5-6,13H2,1-4H3;(H,2,3,4,5)/q+1;/p-1. The molecular formula is C21H26ClNO6. The Morgan fingerprint density at radius 1 is 0.966 bits per heavy atom. The minimum atomic E-state index is -4.94. The van der Waals surface area contributed by atoms with E-state index >= 15 is 0 Å². The fourth-order valence-electron chi connectivity index (χ4n) is 4.81. The molecule has 0 N–H and O–H groups in total. The predicted octanol–water partition coefficient (Wildman–Crippen LogP) is -0.957. The van der Waals surface area contributed by atoms with Gasteiger partial charge in [0.25, 0.3) is 0 Å². The van der Waals surface area contributed by atoms with Gasteiger partial charge < -0.3 is 9.47 Å². The third kappa shape index (κ3) is 4.18. The molecule has 2 unspecified atom stereocenters. The van der Waals surface area contributed by atoms with Gasteiger partial charge in [-0.1, -0.05) is 18.2 Å². The number of hydrogen-bond acceptors (Lipinski definition) is 6. The number of rotatable bonds is 4. The molecule has 2 atom stereocenters. The molecule has 1 aliphatic carbocycles. The van der Waals surface area contributed by atoms with Crippen molar-refractivity contribution < 1.29 is 42.9 Å². The number of hydrogen-bond donors (Lipinski definition) is 0. The van der Waals surface area contributed by atoms with Crippen LogP contribution in [0.15, 0.2) is 36.5 Å². The summed E-state index contributed by atoms with van der Waals surface area (Å²) in [6.45, 7) is 9.89. The van der Waals surface area contributed by atoms with Gasteiger partial charge in [0.05, 0.1) is 6.42 Å². The zero-order valence-corrected chi connectivity index (χ0v) is 17.8. The first-order valence-corrected chi connectivity index (χ1v) is 10.9. The van der Waals surface area contributed by atoms with Crippen molar-refractivity contribution in [3.63, 3.8) is 0 Å². The summed E-state index contributed by atoms with van der Waals surface area (Å²) in [5.74, 6) is -0.431. The number of aryl methyl sites for hydroxylation is 2. The van der Waals surface area contributed by atoms with E-state index in [1.165, 1.54) is 27.9 Å². The zero-order chi connectivity index (χ0) is 21.4. The fourth-order valence-corrected chi connectivity index (χ4v) is 4.81. The summed E-state index contributed by atoms with van der Waals surface area (Å²) >= 11 is 0. The second-order valence-electron chi connectivity index (χ2n) is 7.27. The van der Waals surface area contributed by atoms with E-state index in [4.69, 9.17) is 28.1 Å². The molecule has 0 radical (unpaired) electrons. The highest BCUT2D eigenvalue weighted by Gasteiger charge is 2.60. The molecule has 1 aromatic heterocycles. The summed E-state index contributed by atoms with van der Waals surface area (Å²) in [4.78, 5) is 0. The molecule has 7 nitrogen and oxygen atoms in total. The fraction of sp³-hybridized carbons (Fsp3) is 0.476. The molecular weight excluding hydrogens is 398 g/mol. The van der Waals surface area contributed by atoms with Crippen LogP contribution >= 0.6 is 0 Å².